The van der Waals surface area contributed by atoms with E-state index in [9.17, 15) is 20.0 Å². The fourth-order valence-corrected chi connectivity index (χ4v) is 9.47. The van der Waals surface area contributed by atoms with Crippen LogP contribution in [0.1, 0.15) is 62.1 Å². The van der Waals surface area contributed by atoms with Gasteiger partial charge < -0.3 is 29.2 Å². The fourth-order valence-electron chi connectivity index (χ4n) is 9.47. The topological polar surface area (TPSA) is 106 Å². The largest absolute Gasteiger partial charge is 0.595 e. The van der Waals surface area contributed by atoms with Gasteiger partial charge in [-0.15, -0.1) is 0 Å². The maximum Gasteiger partial charge on any atom is 0.250 e. The second-order valence-corrected chi connectivity index (χ2v) is 13.8. The summed E-state index contributed by atoms with van der Waals surface area (Å²) in [6, 6.07) is 11.5. The van der Waals surface area contributed by atoms with E-state index in [1.54, 1.807) is 25.3 Å². The molecule has 3 fully saturated rings. The van der Waals surface area contributed by atoms with Gasteiger partial charge >= 0.3 is 0 Å². The summed E-state index contributed by atoms with van der Waals surface area (Å²) in [5.41, 5.74) is 3.35. The van der Waals surface area contributed by atoms with Crippen molar-refractivity contribution in [3.63, 3.8) is 0 Å². The van der Waals surface area contributed by atoms with E-state index in [2.05, 4.69) is 20.8 Å². The van der Waals surface area contributed by atoms with Crippen molar-refractivity contribution in [3.05, 3.63) is 63.2 Å². The molecular weight excluding hydrogens is 558 g/mol. The number of pyridine rings is 1. The van der Waals surface area contributed by atoms with Crippen LogP contribution in [0.15, 0.2) is 41.2 Å². The quantitative estimate of drug-likeness (QED) is 0.352. The summed E-state index contributed by atoms with van der Waals surface area (Å²) in [6.07, 6.45) is 8.36. The number of fused-ring (bicyclic) bond motifs is 9. The van der Waals surface area contributed by atoms with Gasteiger partial charge in [0, 0.05) is 87.5 Å². The van der Waals surface area contributed by atoms with Crippen LogP contribution in [0, 0.1) is 23.0 Å². The molecular formula is C34H47N5O5. The Kier molecular flexibility index (Phi) is 8.54. The minimum Gasteiger partial charge on any atom is -0.595 e. The number of methoxy groups -OCH3 is 1. The smallest absolute Gasteiger partial charge is 0.250 e. The maximum absolute atomic E-state index is 14.9. The Morgan fingerprint density at radius 1 is 1.14 bits per heavy atom. The number of nitrogens with zero attached hydrogens (tertiary/aromatic N) is 4. The van der Waals surface area contributed by atoms with Gasteiger partial charge in [-0.3, -0.25) is 9.59 Å². The molecule has 2 aromatic rings. The lowest BCUT2D eigenvalue weighted by molar-refractivity contribution is -0.991. The predicted molar refractivity (Wildman–Crippen MR) is 167 cm³/mol. The molecule has 10 heteroatoms. The van der Waals surface area contributed by atoms with Crippen molar-refractivity contribution in [2.45, 2.75) is 75.9 Å². The van der Waals surface area contributed by atoms with Crippen LogP contribution in [0.3, 0.4) is 0 Å². The molecule has 2 N–H and O–H groups in total. The lowest BCUT2D eigenvalue weighted by Gasteiger charge is -2.55. The third-order valence-corrected chi connectivity index (χ3v) is 11.3. The summed E-state index contributed by atoms with van der Waals surface area (Å²) >= 11 is 0. The Labute approximate surface area is 259 Å². The molecule has 2 bridgehead atoms. The Morgan fingerprint density at radius 3 is 2.84 bits per heavy atom. The van der Waals surface area contributed by atoms with E-state index in [0.717, 1.165) is 49.3 Å². The van der Waals surface area contributed by atoms with Gasteiger partial charge in [0.2, 0.25) is 5.91 Å². The molecule has 1 amide bonds. The van der Waals surface area contributed by atoms with Crippen molar-refractivity contribution in [1.82, 2.24) is 14.4 Å². The van der Waals surface area contributed by atoms with Crippen LogP contribution in [0.2, 0.25) is 0 Å². The minimum atomic E-state index is -0.947. The van der Waals surface area contributed by atoms with Gasteiger partial charge in [0.25, 0.3) is 5.56 Å². The summed E-state index contributed by atoms with van der Waals surface area (Å²) in [6.45, 7) is 5.72. The highest BCUT2D eigenvalue weighted by Gasteiger charge is 2.50. The van der Waals surface area contributed by atoms with Crippen LogP contribution in [0.5, 0.6) is 0 Å². The molecule has 44 heavy (non-hydrogen) atoms. The molecule has 7 rings (SSSR count). The number of amides is 1. The Hall–Kier alpha value is -2.76. The van der Waals surface area contributed by atoms with E-state index in [1.807, 2.05) is 16.7 Å². The van der Waals surface area contributed by atoms with Crippen molar-refractivity contribution >= 4 is 17.3 Å². The van der Waals surface area contributed by atoms with E-state index in [0.29, 0.717) is 38.1 Å². The molecule has 1 aromatic carbocycles. The fraction of sp³-hybridized carbons (Fsp3) is 0.647. The average molecular weight is 606 g/mol. The molecule has 3 saturated heterocycles. The van der Waals surface area contributed by atoms with Gasteiger partial charge in [0.15, 0.2) is 5.69 Å². The number of hydrogen-bond acceptors (Lipinski definition) is 7. The lowest BCUT2D eigenvalue weighted by atomic mass is 9.69. The number of benzene rings is 1. The highest BCUT2D eigenvalue weighted by Crippen LogP contribution is 2.48. The molecule has 0 aliphatic carbocycles. The van der Waals surface area contributed by atoms with Gasteiger partial charge in [-0.05, 0) is 87.6 Å². The number of hydrogen-bond donors (Lipinski definition) is 2. The van der Waals surface area contributed by atoms with Gasteiger partial charge in [0.05, 0.1) is 5.92 Å². The third-order valence-electron chi connectivity index (χ3n) is 11.3. The van der Waals surface area contributed by atoms with Crippen LogP contribution in [-0.2, 0) is 22.5 Å². The van der Waals surface area contributed by atoms with Crippen LogP contribution in [0.25, 0.3) is 0 Å². The van der Waals surface area contributed by atoms with E-state index in [1.165, 1.54) is 38.8 Å². The highest BCUT2D eigenvalue weighted by atomic mass is 16.8. The zero-order chi connectivity index (χ0) is 30.4. The van der Waals surface area contributed by atoms with Gasteiger partial charge in [-0.2, -0.15) is 5.23 Å². The summed E-state index contributed by atoms with van der Waals surface area (Å²) in [4.78, 5) is 35.1. The van der Waals surface area contributed by atoms with Gasteiger partial charge in [0.1, 0.15) is 0 Å². The number of ether oxygens (including phenoxy) is 1. The first-order valence-electron chi connectivity index (χ1n) is 16.8. The van der Waals surface area contributed by atoms with E-state index in [-0.39, 0.29) is 40.9 Å². The minimum absolute atomic E-state index is 0.0337. The van der Waals surface area contributed by atoms with Crippen molar-refractivity contribution in [2.75, 3.05) is 51.3 Å². The lowest BCUT2D eigenvalue weighted by Crippen LogP contribution is -2.99. The van der Waals surface area contributed by atoms with Crippen LogP contribution in [0.4, 0.5) is 11.4 Å². The molecule has 10 nitrogen and oxygen atoms in total. The molecule has 7 atom stereocenters. The summed E-state index contributed by atoms with van der Waals surface area (Å²) < 4.78 is 7.36. The number of quaternary nitrogens is 1. The molecule has 5 aliphatic rings. The molecule has 1 aromatic heterocycles. The number of aromatic nitrogens is 1. The standard InChI is InChI=1S/C34H47N5O5/c1-44-16-6-15-36(20-23-7-5-14-35-13-3-2-8-29(23)35)34(41)28-19-24-18-27(39(42)43)11-12-31(24)38-21-25-17-26(33(28)38)22-37-30(25)9-4-10-32(37)40/h4,9-12,18,23,25-26,28-29,33,39,42H,2-3,5-8,13-17,19-22H2,1H3/t23-,25?,26?,28+,29+,33-/m0/s1. The maximum atomic E-state index is 14.9. The first kappa shape index (κ1) is 29.9. The molecule has 238 valence electrons. The van der Waals surface area contributed by atoms with Gasteiger partial charge in [-0.25, -0.2) is 5.21 Å². The van der Waals surface area contributed by atoms with Crippen molar-refractivity contribution in [1.29, 1.82) is 0 Å². The molecule has 0 saturated carbocycles. The number of piperidine rings is 3. The average Bonchev–Trinajstić information content (AvgIpc) is 3.04. The first-order chi connectivity index (χ1) is 21.4. The number of anilines is 1. The zero-order valence-electron chi connectivity index (χ0n) is 25.9. The predicted octanol–water partition coefficient (Wildman–Crippen LogP) is 2.55. The molecule has 0 radical (unpaired) electrons. The van der Waals surface area contributed by atoms with Crippen LogP contribution in [-0.4, -0.2) is 84.0 Å². The number of nitrogens with one attached hydrogen (secondary N) is 1. The second-order valence-electron chi connectivity index (χ2n) is 13.8. The SMILES string of the molecule is COCCCN(C[C@@H]1CCCN2CCCC[C@H]12)C(=O)[C@@H]1Cc2cc([NH+]([O-])O)ccc2N2CC3CC(Cn4c3cccc4=O)[C@@H]12. The summed E-state index contributed by atoms with van der Waals surface area (Å²) in [7, 11) is 1.71. The second kappa shape index (κ2) is 12.6. The van der Waals surface area contributed by atoms with E-state index in [4.69, 9.17) is 4.74 Å². The highest BCUT2D eigenvalue weighted by molar-refractivity contribution is 5.82. The Morgan fingerprint density at radius 2 is 2.00 bits per heavy atom. The molecule has 0 spiro atoms. The Bertz CT molecular complexity index is 1410. The van der Waals surface area contributed by atoms with E-state index < -0.39 is 5.23 Å². The van der Waals surface area contributed by atoms with Crippen molar-refractivity contribution in [3.8, 4) is 0 Å². The number of carbonyl (C=O) groups excluding carboxylic acids is 1. The number of rotatable bonds is 8. The Balaban J connectivity index is 1.24. The van der Waals surface area contributed by atoms with Crippen LogP contribution < -0.4 is 15.7 Å². The summed E-state index contributed by atoms with van der Waals surface area (Å²) in [5.74, 6) is 0.702. The first-order valence-corrected chi connectivity index (χ1v) is 16.8. The normalized spacial score (nSPS) is 30.0. The van der Waals surface area contributed by atoms with Crippen LogP contribution >= 0.6 is 0 Å². The van der Waals surface area contributed by atoms with Gasteiger partial charge in [-0.1, -0.05) is 12.5 Å². The zero-order valence-corrected chi connectivity index (χ0v) is 25.9. The molecule has 5 aliphatic heterocycles. The molecule has 3 unspecified atom stereocenters. The van der Waals surface area contributed by atoms with E-state index >= 15 is 0 Å². The third kappa shape index (κ3) is 5.49. The summed E-state index contributed by atoms with van der Waals surface area (Å²) in [5, 5.41) is 20.8. The monoisotopic (exact) mass is 605 g/mol. The number of carbonyl (C=O) groups is 1. The molecule has 6 heterocycles. The van der Waals surface area contributed by atoms with Crippen molar-refractivity contribution < 1.29 is 20.0 Å². The van der Waals surface area contributed by atoms with Crippen molar-refractivity contribution in [2.24, 2.45) is 17.8 Å².